The number of benzene rings is 2. The van der Waals surface area contributed by atoms with Crippen LogP contribution in [0, 0.1) is 0 Å². The van der Waals surface area contributed by atoms with Gasteiger partial charge in [-0.15, -0.1) is 0 Å². The fourth-order valence-corrected chi connectivity index (χ4v) is 2.48. The Kier molecular flexibility index (Phi) is 3.76. The van der Waals surface area contributed by atoms with Gasteiger partial charge in [0.25, 0.3) is 0 Å². The van der Waals surface area contributed by atoms with Crippen LogP contribution in [0.1, 0.15) is 12.5 Å². The van der Waals surface area contributed by atoms with Gasteiger partial charge in [0.1, 0.15) is 10.9 Å². The lowest BCUT2D eigenvalue weighted by atomic mass is 10.1. The van der Waals surface area contributed by atoms with Crippen molar-refractivity contribution >= 4 is 22.5 Å². The van der Waals surface area contributed by atoms with Crippen molar-refractivity contribution in [3.8, 4) is 17.1 Å². The maximum absolute atomic E-state index is 6.33. The predicted molar refractivity (Wildman–Crippen MR) is 85.9 cm³/mol. The molecule has 0 spiro atoms. The molecule has 0 N–H and O–H groups in total. The zero-order chi connectivity index (χ0) is 14.8. The molecule has 0 fully saturated rings. The third-order valence-corrected chi connectivity index (χ3v) is 3.74. The van der Waals surface area contributed by atoms with Crippen LogP contribution in [0.25, 0.3) is 22.3 Å². The lowest BCUT2D eigenvalue weighted by molar-refractivity contribution is 0.415. The molecule has 0 aliphatic carbocycles. The highest BCUT2D eigenvalue weighted by Gasteiger charge is 2.09. The Morgan fingerprint density at radius 2 is 1.95 bits per heavy atom. The summed E-state index contributed by atoms with van der Waals surface area (Å²) >= 11 is 6.33. The number of hydrogen-bond donors (Lipinski definition) is 0. The van der Waals surface area contributed by atoms with Crippen LogP contribution < -0.4 is 4.74 Å². The fourth-order valence-electron chi connectivity index (χ4n) is 2.25. The first kappa shape index (κ1) is 13.8. The van der Waals surface area contributed by atoms with Gasteiger partial charge in [-0.05, 0) is 36.2 Å². The first-order valence-electron chi connectivity index (χ1n) is 6.82. The minimum absolute atomic E-state index is 0.480. The highest BCUT2D eigenvalue weighted by atomic mass is 35.5. The zero-order valence-electron chi connectivity index (χ0n) is 11.9. The maximum Gasteiger partial charge on any atom is 0.161 e. The Balaban J connectivity index is 2.16. The van der Waals surface area contributed by atoms with Gasteiger partial charge in [-0.3, -0.25) is 0 Å². The number of hydrogen-bond acceptors (Lipinski definition) is 3. The molecule has 1 heterocycles. The molecular weight excluding hydrogens is 284 g/mol. The topological polar surface area (TPSA) is 35.0 Å². The van der Waals surface area contributed by atoms with E-state index in [0.717, 1.165) is 28.6 Å². The number of halogens is 1. The summed E-state index contributed by atoms with van der Waals surface area (Å²) < 4.78 is 5.24. The van der Waals surface area contributed by atoms with E-state index in [1.54, 1.807) is 7.11 Å². The van der Waals surface area contributed by atoms with E-state index in [4.69, 9.17) is 16.3 Å². The van der Waals surface area contributed by atoms with Crippen molar-refractivity contribution in [2.45, 2.75) is 13.3 Å². The van der Waals surface area contributed by atoms with Crippen LogP contribution in [0.3, 0.4) is 0 Å². The number of fused-ring (bicyclic) bond motifs is 1. The lowest BCUT2D eigenvalue weighted by Gasteiger charge is -2.07. The van der Waals surface area contributed by atoms with Crippen LogP contribution in [0.15, 0.2) is 42.5 Å². The van der Waals surface area contributed by atoms with Crippen LogP contribution in [0.5, 0.6) is 5.75 Å². The van der Waals surface area contributed by atoms with Gasteiger partial charge in [-0.1, -0.05) is 36.7 Å². The summed E-state index contributed by atoms with van der Waals surface area (Å²) in [5.41, 5.74) is 2.96. The molecule has 0 bridgehead atoms. The smallest absolute Gasteiger partial charge is 0.161 e. The molecule has 21 heavy (non-hydrogen) atoms. The average Bonchev–Trinajstić information content (AvgIpc) is 2.54. The van der Waals surface area contributed by atoms with Crippen LogP contribution in [0.2, 0.25) is 5.15 Å². The van der Waals surface area contributed by atoms with Gasteiger partial charge in [0.15, 0.2) is 5.82 Å². The number of aryl methyl sites for hydroxylation is 1. The molecule has 4 heteroatoms. The standard InChI is InChI=1S/C17H15ClN2O/c1-3-11-7-8-15-14(9-11)16(18)20-17(19-15)12-5-4-6-13(10-12)21-2/h4-10H,3H2,1-2H3. The monoisotopic (exact) mass is 298 g/mol. The molecule has 3 nitrogen and oxygen atoms in total. The number of ether oxygens (including phenoxy) is 1. The van der Waals surface area contributed by atoms with Crippen LogP contribution in [-0.2, 0) is 6.42 Å². The van der Waals surface area contributed by atoms with Crippen molar-refractivity contribution in [3.63, 3.8) is 0 Å². The van der Waals surface area contributed by atoms with Crippen molar-refractivity contribution in [1.82, 2.24) is 9.97 Å². The van der Waals surface area contributed by atoms with Gasteiger partial charge >= 0.3 is 0 Å². The van der Waals surface area contributed by atoms with E-state index in [9.17, 15) is 0 Å². The SMILES string of the molecule is CCc1ccc2nc(-c3cccc(OC)c3)nc(Cl)c2c1. The normalized spacial score (nSPS) is 10.8. The second kappa shape index (κ2) is 5.70. The van der Waals surface area contributed by atoms with Crippen molar-refractivity contribution in [2.24, 2.45) is 0 Å². The average molecular weight is 299 g/mol. The molecule has 3 rings (SSSR count). The molecule has 0 saturated heterocycles. The van der Waals surface area contributed by atoms with Gasteiger partial charge in [0, 0.05) is 10.9 Å². The predicted octanol–water partition coefficient (Wildman–Crippen LogP) is 4.52. The summed E-state index contributed by atoms with van der Waals surface area (Å²) in [5, 5.41) is 1.37. The quantitative estimate of drug-likeness (QED) is 0.667. The summed E-state index contributed by atoms with van der Waals surface area (Å²) in [4.78, 5) is 9.03. The molecule has 2 aromatic carbocycles. The molecule has 1 aromatic heterocycles. The largest absolute Gasteiger partial charge is 0.497 e. The number of nitrogens with zero attached hydrogens (tertiary/aromatic N) is 2. The van der Waals surface area contributed by atoms with Crippen molar-refractivity contribution in [1.29, 1.82) is 0 Å². The van der Waals surface area contributed by atoms with E-state index >= 15 is 0 Å². The molecule has 106 valence electrons. The molecule has 0 radical (unpaired) electrons. The summed E-state index contributed by atoms with van der Waals surface area (Å²) in [5.74, 6) is 1.38. The third-order valence-electron chi connectivity index (χ3n) is 3.45. The van der Waals surface area contributed by atoms with E-state index in [2.05, 4.69) is 23.0 Å². The molecule has 0 aliphatic rings. The number of methoxy groups -OCH3 is 1. The second-order valence-corrected chi connectivity index (χ2v) is 5.13. The Hall–Kier alpha value is -2.13. The third kappa shape index (κ3) is 2.69. The first-order chi connectivity index (χ1) is 10.2. The van der Waals surface area contributed by atoms with Crippen LogP contribution in [0.4, 0.5) is 0 Å². The fraction of sp³-hybridized carbons (Fsp3) is 0.176. The Morgan fingerprint density at radius 1 is 1.10 bits per heavy atom. The second-order valence-electron chi connectivity index (χ2n) is 4.78. The van der Waals surface area contributed by atoms with Crippen molar-refractivity contribution < 1.29 is 4.74 Å². The molecule has 3 aromatic rings. The number of rotatable bonds is 3. The minimum atomic E-state index is 0.480. The maximum atomic E-state index is 6.33. The Morgan fingerprint density at radius 3 is 2.71 bits per heavy atom. The summed E-state index contributed by atoms with van der Waals surface area (Å²) in [7, 11) is 1.64. The molecule has 0 unspecified atom stereocenters. The summed E-state index contributed by atoms with van der Waals surface area (Å²) in [6.07, 6.45) is 0.962. The van der Waals surface area contributed by atoms with Gasteiger partial charge < -0.3 is 4.74 Å². The molecule has 0 atom stereocenters. The van der Waals surface area contributed by atoms with Gasteiger partial charge in [-0.2, -0.15) is 0 Å². The highest BCUT2D eigenvalue weighted by Crippen LogP contribution is 2.27. The van der Waals surface area contributed by atoms with E-state index < -0.39 is 0 Å². The van der Waals surface area contributed by atoms with E-state index in [-0.39, 0.29) is 0 Å². The summed E-state index contributed by atoms with van der Waals surface area (Å²) in [6.45, 7) is 2.11. The van der Waals surface area contributed by atoms with Crippen LogP contribution in [-0.4, -0.2) is 17.1 Å². The minimum Gasteiger partial charge on any atom is -0.497 e. The lowest BCUT2D eigenvalue weighted by Crippen LogP contribution is -1.93. The number of aromatic nitrogens is 2. The Labute approximate surface area is 128 Å². The zero-order valence-corrected chi connectivity index (χ0v) is 12.7. The van der Waals surface area contributed by atoms with E-state index in [1.165, 1.54) is 5.56 Å². The molecule has 0 amide bonds. The van der Waals surface area contributed by atoms with Gasteiger partial charge in [-0.25, -0.2) is 9.97 Å². The summed E-state index contributed by atoms with van der Waals surface area (Å²) in [6, 6.07) is 13.8. The van der Waals surface area contributed by atoms with E-state index in [1.807, 2.05) is 36.4 Å². The van der Waals surface area contributed by atoms with Gasteiger partial charge in [0.2, 0.25) is 0 Å². The van der Waals surface area contributed by atoms with E-state index in [0.29, 0.717) is 11.0 Å². The van der Waals surface area contributed by atoms with Gasteiger partial charge in [0.05, 0.1) is 12.6 Å². The Bertz CT molecular complexity index is 802. The first-order valence-corrected chi connectivity index (χ1v) is 7.19. The molecular formula is C17H15ClN2O. The molecule has 0 aliphatic heterocycles. The van der Waals surface area contributed by atoms with Crippen LogP contribution >= 0.6 is 11.6 Å². The highest BCUT2D eigenvalue weighted by molar-refractivity contribution is 6.34. The van der Waals surface area contributed by atoms with Crippen molar-refractivity contribution in [2.75, 3.05) is 7.11 Å². The van der Waals surface area contributed by atoms with Crippen molar-refractivity contribution in [3.05, 3.63) is 53.2 Å². The molecule has 0 saturated carbocycles.